The molecule has 1 aromatic carbocycles. The summed E-state index contributed by atoms with van der Waals surface area (Å²) in [5.41, 5.74) is 3.36. The lowest BCUT2D eigenvalue weighted by atomic mass is 9.88. The number of rotatable bonds is 3. The molecule has 2 aliphatic rings. The summed E-state index contributed by atoms with van der Waals surface area (Å²) in [4.78, 5) is 28.8. The summed E-state index contributed by atoms with van der Waals surface area (Å²) in [6.07, 6.45) is 6.55. The zero-order valence-electron chi connectivity index (χ0n) is 15.8. The second-order valence-corrected chi connectivity index (χ2v) is 8.75. The van der Waals surface area contributed by atoms with E-state index in [-0.39, 0.29) is 11.8 Å². The second-order valence-electron chi connectivity index (χ2n) is 7.79. The third-order valence-corrected chi connectivity index (χ3v) is 6.71. The van der Waals surface area contributed by atoms with Crippen LogP contribution in [0.15, 0.2) is 29.6 Å². The van der Waals surface area contributed by atoms with E-state index < -0.39 is 0 Å². The number of carbonyl (C=O) groups excluding carboxylic acids is 2. The van der Waals surface area contributed by atoms with Gasteiger partial charge in [-0.2, -0.15) is 0 Å². The molecule has 1 aromatic heterocycles. The summed E-state index contributed by atoms with van der Waals surface area (Å²) >= 11 is 1.70. The van der Waals surface area contributed by atoms with Crippen LogP contribution in [0.4, 0.5) is 5.69 Å². The van der Waals surface area contributed by atoms with Crippen LogP contribution < -0.4 is 5.32 Å². The van der Waals surface area contributed by atoms with Crippen molar-refractivity contribution in [1.29, 1.82) is 0 Å². The van der Waals surface area contributed by atoms with Crippen LogP contribution in [-0.4, -0.2) is 29.8 Å². The van der Waals surface area contributed by atoms with Crippen LogP contribution in [-0.2, 0) is 12.8 Å². The minimum atomic E-state index is -0.0652. The molecule has 5 heteroatoms. The van der Waals surface area contributed by atoms with E-state index in [0.29, 0.717) is 17.2 Å². The van der Waals surface area contributed by atoms with Gasteiger partial charge in [0.2, 0.25) is 0 Å². The fraction of sp³-hybridized carbons (Fsp3) is 0.455. The Balaban J connectivity index is 1.48. The molecule has 1 N–H and O–H groups in total. The van der Waals surface area contributed by atoms with E-state index in [1.165, 1.54) is 16.9 Å². The van der Waals surface area contributed by atoms with Gasteiger partial charge in [0.25, 0.3) is 11.8 Å². The maximum Gasteiger partial charge on any atom is 0.256 e. The highest BCUT2D eigenvalue weighted by Gasteiger charge is 2.23. The molecule has 1 fully saturated rings. The first kappa shape index (κ1) is 18.2. The van der Waals surface area contributed by atoms with E-state index in [1.54, 1.807) is 17.4 Å². The quantitative estimate of drug-likeness (QED) is 0.833. The Morgan fingerprint density at radius 1 is 1.19 bits per heavy atom. The van der Waals surface area contributed by atoms with Crippen molar-refractivity contribution in [1.82, 2.24) is 4.90 Å². The van der Waals surface area contributed by atoms with Crippen molar-refractivity contribution < 1.29 is 9.59 Å². The van der Waals surface area contributed by atoms with Crippen LogP contribution in [0.2, 0.25) is 0 Å². The minimum Gasteiger partial charge on any atom is -0.339 e. The molecule has 1 aliphatic heterocycles. The van der Waals surface area contributed by atoms with Crippen molar-refractivity contribution in [2.75, 3.05) is 18.4 Å². The van der Waals surface area contributed by atoms with Crippen LogP contribution in [0.25, 0.3) is 0 Å². The summed E-state index contributed by atoms with van der Waals surface area (Å²) in [6, 6.07) is 7.33. The minimum absolute atomic E-state index is 0.0627. The molecule has 4 nitrogen and oxygen atoms in total. The maximum atomic E-state index is 12.8. The molecule has 1 atom stereocenters. The molecule has 0 spiro atoms. The van der Waals surface area contributed by atoms with Crippen molar-refractivity contribution in [3.8, 4) is 0 Å². The highest BCUT2D eigenvalue weighted by molar-refractivity contribution is 7.10. The van der Waals surface area contributed by atoms with Crippen LogP contribution in [0, 0.1) is 5.92 Å². The third-order valence-electron chi connectivity index (χ3n) is 5.66. The van der Waals surface area contributed by atoms with Crippen molar-refractivity contribution >= 4 is 28.8 Å². The second kappa shape index (κ2) is 7.85. The first-order valence-electron chi connectivity index (χ1n) is 9.92. The summed E-state index contributed by atoms with van der Waals surface area (Å²) in [6.45, 7) is 3.93. The zero-order valence-corrected chi connectivity index (χ0v) is 16.6. The number of amides is 2. The van der Waals surface area contributed by atoms with Gasteiger partial charge in [-0.1, -0.05) is 13.0 Å². The molecule has 0 radical (unpaired) electrons. The van der Waals surface area contributed by atoms with Crippen molar-refractivity contribution in [3.63, 3.8) is 0 Å². The summed E-state index contributed by atoms with van der Waals surface area (Å²) in [7, 11) is 0. The van der Waals surface area contributed by atoms with Crippen molar-refractivity contribution in [2.45, 2.75) is 45.4 Å². The van der Waals surface area contributed by atoms with Gasteiger partial charge in [-0.25, -0.2) is 0 Å². The number of hydrogen-bond donors (Lipinski definition) is 1. The number of piperidine rings is 1. The lowest BCUT2D eigenvalue weighted by molar-refractivity contribution is 0.0724. The number of likely N-dealkylation sites (tertiary alicyclic amines) is 1. The molecular weight excluding hydrogens is 356 g/mol. The number of benzene rings is 1. The Bertz CT molecular complexity index is 852. The molecule has 4 rings (SSSR count). The summed E-state index contributed by atoms with van der Waals surface area (Å²) in [5.74, 6) is 0.696. The van der Waals surface area contributed by atoms with Crippen LogP contribution in [0.1, 0.15) is 63.8 Å². The molecule has 27 heavy (non-hydrogen) atoms. The van der Waals surface area contributed by atoms with Gasteiger partial charge < -0.3 is 10.2 Å². The predicted molar refractivity (Wildman–Crippen MR) is 110 cm³/mol. The van der Waals surface area contributed by atoms with Gasteiger partial charge in [0.05, 0.1) is 5.56 Å². The van der Waals surface area contributed by atoms with E-state index in [4.69, 9.17) is 0 Å². The molecule has 2 amide bonds. The Morgan fingerprint density at radius 2 is 2.00 bits per heavy atom. The normalized spacial score (nSPS) is 19.4. The Morgan fingerprint density at radius 3 is 2.81 bits per heavy atom. The van der Waals surface area contributed by atoms with E-state index in [2.05, 4.69) is 12.2 Å². The first-order valence-corrected chi connectivity index (χ1v) is 10.8. The number of anilines is 1. The molecule has 0 bridgehead atoms. The largest absolute Gasteiger partial charge is 0.339 e. The molecular formula is C22H26N2O2S. The van der Waals surface area contributed by atoms with Gasteiger partial charge in [0.1, 0.15) is 0 Å². The molecule has 0 saturated carbocycles. The van der Waals surface area contributed by atoms with Gasteiger partial charge in [-0.05, 0) is 68.2 Å². The van der Waals surface area contributed by atoms with Gasteiger partial charge >= 0.3 is 0 Å². The van der Waals surface area contributed by atoms with E-state index in [1.807, 2.05) is 28.5 Å². The number of fused-ring (bicyclic) bond motifs is 1. The number of hydrogen-bond acceptors (Lipinski definition) is 3. The van der Waals surface area contributed by atoms with Gasteiger partial charge in [0.15, 0.2) is 0 Å². The average Bonchev–Trinajstić information content (AvgIpc) is 3.11. The fourth-order valence-corrected chi connectivity index (χ4v) is 5.32. The monoisotopic (exact) mass is 382 g/mol. The lowest BCUT2D eigenvalue weighted by Gasteiger charge is -2.26. The Hall–Kier alpha value is -2.14. The summed E-state index contributed by atoms with van der Waals surface area (Å²) in [5, 5.41) is 4.99. The zero-order chi connectivity index (χ0) is 18.8. The Kier molecular flexibility index (Phi) is 5.30. The van der Waals surface area contributed by atoms with Gasteiger partial charge in [-0.15, -0.1) is 11.3 Å². The molecule has 2 aromatic rings. The van der Waals surface area contributed by atoms with E-state index >= 15 is 0 Å². The Labute approximate surface area is 164 Å². The van der Waals surface area contributed by atoms with Crippen molar-refractivity contribution in [2.24, 2.45) is 5.92 Å². The molecule has 2 heterocycles. The number of nitrogens with one attached hydrogen (secondary N) is 1. The van der Waals surface area contributed by atoms with Crippen molar-refractivity contribution in [3.05, 3.63) is 51.2 Å². The molecule has 1 saturated heterocycles. The van der Waals surface area contributed by atoms with E-state index in [0.717, 1.165) is 50.8 Å². The first-order chi connectivity index (χ1) is 13.1. The van der Waals surface area contributed by atoms with Crippen LogP contribution in [0.5, 0.6) is 0 Å². The molecule has 142 valence electrons. The van der Waals surface area contributed by atoms with Crippen LogP contribution >= 0.6 is 11.3 Å². The molecule has 1 aliphatic carbocycles. The fourth-order valence-electron chi connectivity index (χ4n) is 4.08. The summed E-state index contributed by atoms with van der Waals surface area (Å²) < 4.78 is 0. The molecule has 1 unspecified atom stereocenters. The SMILES string of the molecule is CC1CCc2c(C(=O)Nc3cccc(C(=O)N4CCCCC4)c3)csc2C1. The topological polar surface area (TPSA) is 49.4 Å². The highest BCUT2D eigenvalue weighted by atomic mass is 32.1. The lowest BCUT2D eigenvalue weighted by Crippen LogP contribution is -2.35. The average molecular weight is 383 g/mol. The van der Waals surface area contributed by atoms with Crippen LogP contribution in [0.3, 0.4) is 0 Å². The smallest absolute Gasteiger partial charge is 0.256 e. The number of carbonyl (C=O) groups is 2. The van der Waals surface area contributed by atoms with Gasteiger partial charge in [0, 0.05) is 34.6 Å². The highest BCUT2D eigenvalue weighted by Crippen LogP contribution is 2.33. The number of thiophene rings is 1. The standard InChI is InChI=1S/C22H26N2O2S/c1-15-8-9-18-19(14-27-20(18)12-15)21(25)23-17-7-5-6-16(13-17)22(26)24-10-3-2-4-11-24/h5-7,13-15H,2-4,8-12H2,1H3,(H,23,25). The third kappa shape index (κ3) is 3.93. The predicted octanol–water partition coefficient (Wildman–Crippen LogP) is 4.75. The van der Waals surface area contributed by atoms with E-state index in [9.17, 15) is 9.59 Å². The number of nitrogens with zero attached hydrogens (tertiary/aromatic N) is 1. The van der Waals surface area contributed by atoms with Gasteiger partial charge in [-0.3, -0.25) is 9.59 Å². The maximum absolute atomic E-state index is 12.8.